The lowest BCUT2D eigenvalue weighted by Crippen LogP contribution is -2.37. The quantitative estimate of drug-likeness (QED) is 0.737. The van der Waals surface area contributed by atoms with Crippen LogP contribution in [0, 0.1) is 6.92 Å². The molecule has 0 aliphatic rings. The van der Waals surface area contributed by atoms with E-state index >= 15 is 0 Å². The molecule has 0 saturated heterocycles. The van der Waals surface area contributed by atoms with Crippen molar-refractivity contribution in [1.82, 2.24) is 5.48 Å². The molecule has 0 aliphatic carbocycles. The van der Waals surface area contributed by atoms with Crippen LogP contribution < -0.4 is 10.8 Å². The molecule has 0 aromatic heterocycles. The Balaban J connectivity index is 2.54. The van der Waals surface area contributed by atoms with Gasteiger partial charge in [0.2, 0.25) is 5.91 Å². The number of hydrogen-bond donors (Lipinski definition) is 2. The maximum Gasteiger partial charge on any atom is 0.243 e. The van der Waals surface area contributed by atoms with Crippen molar-refractivity contribution in [1.29, 1.82) is 0 Å². The summed E-state index contributed by atoms with van der Waals surface area (Å²) in [5, 5.41) is 2.77. The van der Waals surface area contributed by atoms with Crippen LogP contribution in [0.2, 0.25) is 0 Å². The first kappa shape index (κ1) is 11.7. The molecule has 1 rings (SSSR count). The maximum absolute atomic E-state index is 11.5. The van der Waals surface area contributed by atoms with Gasteiger partial charge in [-0.3, -0.25) is 4.79 Å². The van der Waals surface area contributed by atoms with E-state index in [4.69, 9.17) is 0 Å². The number of hydroxylamine groups is 1. The molecule has 0 heterocycles. The Morgan fingerprint density at radius 3 is 2.47 bits per heavy atom. The molecule has 0 radical (unpaired) electrons. The van der Waals surface area contributed by atoms with Crippen LogP contribution >= 0.6 is 0 Å². The number of carbonyl (C=O) groups is 1. The molecule has 4 heteroatoms. The van der Waals surface area contributed by atoms with Crippen molar-refractivity contribution in [3.8, 4) is 0 Å². The summed E-state index contributed by atoms with van der Waals surface area (Å²) in [7, 11) is 1.48. The summed E-state index contributed by atoms with van der Waals surface area (Å²) < 4.78 is 0. The fourth-order valence-corrected chi connectivity index (χ4v) is 1.12. The van der Waals surface area contributed by atoms with Crippen LogP contribution in [0.3, 0.4) is 0 Å². The van der Waals surface area contributed by atoms with Crippen molar-refractivity contribution < 1.29 is 9.63 Å². The van der Waals surface area contributed by atoms with Crippen LogP contribution in [0.25, 0.3) is 0 Å². The predicted molar refractivity (Wildman–Crippen MR) is 59.4 cm³/mol. The van der Waals surface area contributed by atoms with E-state index < -0.39 is 0 Å². The molecule has 2 N–H and O–H groups in total. The fraction of sp³-hybridized carbons (Fsp3) is 0.364. The van der Waals surface area contributed by atoms with Gasteiger partial charge in [0.25, 0.3) is 0 Å². The third kappa shape index (κ3) is 3.69. The third-order valence-electron chi connectivity index (χ3n) is 2.01. The molecule has 0 saturated carbocycles. The normalized spacial score (nSPS) is 12.2. The van der Waals surface area contributed by atoms with Crippen LogP contribution in [-0.2, 0) is 9.63 Å². The summed E-state index contributed by atoms with van der Waals surface area (Å²) >= 11 is 0. The Labute approximate surface area is 89.6 Å². The summed E-state index contributed by atoms with van der Waals surface area (Å²) in [6.45, 7) is 3.73. The van der Waals surface area contributed by atoms with E-state index in [0.717, 1.165) is 11.3 Å². The lowest BCUT2D eigenvalue weighted by atomic mass is 10.2. The van der Waals surface area contributed by atoms with Crippen molar-refractivity contribution in [3.63, 3.8) is 0 Å². The summed E-state index contributed by atoms with van der Waals surface area (Å²) in [6, 6.07) is 7.25. The van der Waals surface area contributed by atoms with Gasteiger partial charge in [0.1, 0.15) is 6.04 Å². The first-order valence-electron chi connectivity index (χ1n) is 4.79. The number of aryl methyl sites for hydroxylation is 1. The topological polar surface area (TPSA) is 50.4 Å². The molecule has 0 fully saturated rings. The molecule has 0 bridgehead atoms. The second kappa shape index (κ2) is 5.48. The van der Waals surface area contributed by atoms with Crippen LogP contribution in [0.5, 0.6) is 0 Å². The molecule has 1 atom stereocenters. The van der Waals surface area contributed by atoms with E-state index in [1.54, 1.807) is 6.92 Å². The minimum Gasteiger partial charge on any atom is -0.325 e. The van der Waals surface area contributed by atoms with Gasteiger partial charge < -0.3 is 10.2 Å². The number of hydrogen-bond acceptors (Lipinski definition) is 3. The number of nitrogens with one attached hydrogen (secondary N) is 2. The summed E-state index contributed by atoms with van der Waals surface area (Å²) in [5.74, 6) is -0.124. The number of rotatable bonds is 4. The van der Waals surface area contributed by atoms with Gasteiger partial charge in [-0.05, 0) is 26.0 Å². The second-order valence-corrected chi connectivity index (χ2v) is 3.40. The van der Waals surface area contributed by atoms with Gasteiger partial charge >= 0.3 is 0 Å². The van der Waals surface area contributed by atoms with Crippen molar-refractivity contribution in [2.45, 2.75) is 19.9 Å². The standard InChI is InChI=1S/C11H16N2O2/c1-8-4-6-10(7-5-8)12-11(14)9(2)13-15-3/h4-7,9,13H,1-3H3,(H,12,14). The Kier molecular flexibility index (Phi) is 4.27. The molecule has 1 aromatic rings. The van der Waals surface area contributed by atoms with E-state index in [2.05, 4.69) is 15.6 Å². The monoisotopic (exact) mass is 208 g/mol. The molecule has 15 heavy (non-hydrogen) atoms. The summed E-state index contributed by atoms with van der Waals surface area (Å²) in [4.78, 5) is 16.2. The van der Waals surface area contributed by atoms with Gasteiger partial charge in [0.15, 0.2) is 0 Å². The second-order valence-electron chi connectivity index (χ2n) is 3.40. The van der Waals surface area contributed by atoms with Crippen molar-refractivity contribution in [2.75, 3.05) is 12.4 Å². The van der Waals surface area contributed by atoms with Crippen LogP contribution in [-0.4, -0.2) is 19.1 Å². The fourth-order valence-electron chi connectivity index (χ4n) is 1.12. The minimum absolute atomic E-state index is 0.124. The number of benzene rings is 1. The molecular weight excluding hydrogens is 192 g/mol. The number of anilines is 1. The first-order valence-corrected chi connectivity index (χ1v) is 4.79. The predicted octanol–water partition coefficient (Wildman–Crippen LogP) is 1.47. The van der Waals surface area contributed by atoms with Gasteiger partial charge in [0, 0.05) is 5.69 Å². The highest BCUT2D eigenvalue weighted by Gasteiger charge is 2.11. The Hall–Kier alpha value is -1.39. The number of carbonyl (C=O) groups excluding carboxylic acids is 1. The van der Waals surface area contributed by atoms with Gasteiger partial charge in [-0.1, -0.05) is 17.7 Å². The highest BCUT2D eigenvalue weighted by atomic mass is 16.6. The molecule has 1 amide bonds. The SMILES string of the molecule is CONC(C)C(=O)Nc1ccc(C)cc1. The van der Waals surface area contributed by atoms with Crippen LogP contribution in [0.15, 0.2) is 24.3 Å². The van der Waals surface area contributed by atoms with E-state index in [1.165, 1.54) is 7.11 Å². The first-order chi connectivity index (χ1) is 7.13. The van der Waals surface area contributed by atoms with Crippen molar-refractivity contribution >= 4 is 11.6 Å². The molecule has 0 spiro atoms. The van der Waals surface area contributed by atoms with Crippen LogP contribution in [0.1, 0.15) is 12.5 Å². The largest absolute Gasteiger partial charge is 0.325 e. The van der Waals surface area contributed by atoms with Gasteiger partial charge in [-0.25, -0.2) is 0 Å². The maximum atomic E-state index is 11.5. The van der Waals surface area contributed by atoms with E-state index in [-0.39, 0.29) is 11.9 Å². The van der Waals surface area contributed by atoms with Gasteiger partial charge in [-0.15, -0.1) is 0 Å². The molecular formula is C11H16N2O2. The van der Waals surface area contributed by atoms with Crippen LogP contribution in [0.4, 0.5) is 5.69 Å². The average molecular weight is 208 g/mol. The zero-order valence-electron chi connectivity index (χ0n) is 9.20. The summed E-state index contributed by atoms with van der Waals surface area (Å²) in [5.41, 5.74) is 4.52. The lowest BCUT2D eigenvalue weighted by Gasteiger charge is -2.12. The Morgan fingerprint density at radius 2 is 1.93 bits per heavy atom. The van der Waals surface area contributed by atoms with E-state index in [1.807, 2.05) is 31.2 Å². The van der Waals surface area contributed by atoms with E-state index in [9.17, 15) is 4.79 Å². The third-order valence-corrected chi connectivity index (χ3v) is 2.01. The van der Waals surface area contributed by atoms with Gasteiger partial charge in [0.05, 0.1) is 7.11 Å². The highest BCUT2D eigenvalue weighted by Crippen LogP contribution is 2.08. The Morgan fingerprint density at radius 1 is 1.33 bits per heavy atom. The van der Waals surface area contributed by atoms with E-state index in [0.29, 0.717) is 0 Å². The average Bonchev–Trinajstić information content (AvgIpc) is 2.22. The zero-order valence-corrected chi connectivity index (χ0v) is 9.20. The molecule has 4 nitrogen and oxygen atoms in total. The smallest absolute Gasteiger partial charge is 0.243 e. The Bertz CT molecular complexity index is 322. The zero-order chi connectivity index (χ0) is 11.3. The molecule has 0 aliphatic heterocycles. The molecule has 1 aromatic carbocycles. The highest BCUT2D eigenvalue weighted by molar-refractivity contribution is 5.94. The molecule has 1 unspecified atom stereocenters. The van der Waals surface area contributed by atoms with Gasteiger partial charge in [-0.2, -0.15) is 5.48 Å². The lowest BCUT2D eigenvalue weighted by molar-refractivity contribution is -0.120. The van der Waals surface area contributed by atoms with Crippen molar-refractivity contribution in [3.05, 3.63) is 29.8 Å². The van der Waals surface area contributed by atoms with Crippen molar-refractivity contribution in [2.24, 2.45) is 0 Å². The number of amides is 1. The molecule has 82 valence electrons. The minimum atomic E-state index is -0.378. The summed E-state index contributed by atoms with van der Waals surface area (Å²) in [6.07, 6.45) is 0.